The third kappa shape index (κ3) is 1.92. The fourth-order valence-corrected chi connectivity index (χ4v) is 2.59. The Bertz CT molecular complexity index is 907. The Morgan fingerprint density at radius 2 is 1.95 bits per heavy atom. The van der Waals surface area contributed by atoms with Gasteiger partial charge in [-0.3, -0.25) is 0 Å². The van der Waals surface area contributed by atoms with Crippen LogP contribution in [0.25, 0.3) is 21.9 Å². The second-order valence-electron chi connectivity index (χ2n) is 4.99. The highest BCUT2D eigenvalue weighted by Gasteiger charge is 2.13. The third-order valence-electron chi connectivity index (χ3n) is 3.62. The van der Waals surface area contributed by atoms with Crippen LogP contribution in [-0.4, -0.2) is 0 Å². The molecule has 0 fully saturated rings. The zero-order valence-electron chi connectivity index (χ0n) is 11.3. The molecule has 0 saturated heterocycles. The van der Waals surface area contributed by atoms with Gasteiger partial charge in [0.15, 0.2) is 5.58 Å². The topological polar surface area (TPSA) is 64.3 Å². The van der Waals surface area contributed by atoms with Gasteiger partial charge >= 0.3 is 0 Å². The number of hydrogen-bond acceptors (Lipinski definition) is 4. The lowest BCUT2D eigenvalue weighted by Crippen LogP contribution is -1.99. The molecule has 0 bridgehead atoms. The fourth-order valence-electron chi connectivity index (χ4n) is 2.59. The van der Waals surface area contributed by atoms with Crippen LogP contribution in [0.5, 0.6) is 0 Å². The van der Waals surface area contributed by atoms with Crippen LogP contribution in [0.2, 0.25) is 0 Å². The molecular weight excluding hydrogens is 264 g/mol. The lowest BCUT2D eigenvalue weighted by atomic mass is 10.1. The summed E-state index contributed by atoms with van der Waals surface area (Å²) in [7, 11) is 0. The van der Waals surface area contributed by atoms with Crippen LogP contribution in [0.1, 0.15) is 5.56 Å². The molecule has 2 aromatic carbocycles. The molecule has 0 radical (unpaired) electrons. The van der Waals surface area contributed by atoms with Gasteiger partial charge in [0, 0.05) is 23.2 Å². The number of rotatable bonds is 3. The number of fused-ring (bicyclic) bond motifs is 3. The monoisotopic (exact) mass is 278 g/mol. The van der Waals surface area contributed by atoms with Crippen molar-refractivity contribution in [3.05, 3.63) is 60.6 Å². The van der Waals surface area contributed by atoms with Crippen LogP contribution < -0.4 is 11.1 Å². The number of anilines is 2. The van der Waals surface area contributed by atoms with E-state index in [2.05, 4.69) is 5.32 Å². The molecule has 2 heterocycles. The SMILES string of the molecule is Nc1ccc(NCc2ccoc2)c2c1oc1ccccc12. The number of hydrogen-bond donors (Lipinski definition) is 2. The van der Waals surface area contributed by atoms with Crippen molar-refractivity contribution in [2.75, 3.05) is 11.1 Å². The Morgan fingerprint density at radius 3 is 2.81 bits per heavy atom. The van der Waals surface area contributed by atoms with Crippen LogP contribution >= 0.6 is 0 Å². The van der Waals surface area contributed by atoms with Crippen molar-refractivity contribution in [1.82, 2.24) is 0 Å². The summed E-state index contributed by atoms with van der Waals surface area (Å²) in [6.45, 7) is 0.690. The van der Waals surface area contributed by atoms with E-state index in [-0.39, 0.29) is 0 Å². The number of nitrogens with one attached hydrogen (secondary N) is 1. The normalized spacial score (nSPS) is 11.2. The van der Waals surface area contributed by atoms with E-state index in [1.165, 1.54) is 0 Å². The van der Waals surface area contributed by atoms with Gasteiger partial charge < -0.3 is 19.9 Å². The Hall–Kier alpha value is -2.88. The summed E-state index contributed by atoms with van der Waals surface area (Å²) < 4.78 is 11.0. The minimum Gasteiger partial charge on any atom is -0.472 e. The Morgan fingerprint density at radius 1 is 1.05 bits per heavy atom. The van der Waals surface area contributed by atoms with Crippen molar-refractivity contribution in [2.24, 2.45) is 0 Å². The number of benzene rings is 2. The minimum absolute atomic E-state index is 0.648. The quantitative estimate of drug-likeness (QED) is 0.546. The van der Waals surface area contributed by atoms with Gasteiger partial charge in [-0.15, -0.1) is 0 Å². The van der Waals surface area contributed by atoms with E-state index in [1.807, 2.05) is 42.5 Å². The van der Waals surface area contributed by atoms with E-state index in [4.69, 9.17) is 14.6 Å². The molecule has 104 valence electrons. The predicted molar refractivity (Wildman–Crippen MR) is 84.2 cm³/mol. The smallest absolute Gasteiger partial charge is 0.160 e. The predicted octanol–water partition coefficient (Wildman–Crippen LogP) is 4.37. The van der Waals surface area contributed by atoms with E-state index in [0.29, 0.717) is 12.2 Å². The Balaban J connectivity index is 1.86. The average Bonchev–Trinajstić information content (AvgIpc) is 3.14. The molecule has 4 aromatic rings. The van der Waals surface area contributed by atoms with Gasteiger partial charge in [-0.2, -0.15) is 0 Å². The molecule has 4 rings (SSSR count). The maximum Gasteiger partial charge on any atom is 0.160 e. The molecule has 0 atom stereocenters. The van der Waals surface area contributed by atoms with Crippen LogP contribution in [0.4, 0.5) is 11.4 Å². The molecule has 0 aliphatic carbocycles. The van der Waals surface area contributed by atoms with Gasteiger partial charge in [-0.1, -0.05) is 18.2 Å². The van der Waals surface area contributed by atoms with Crippen molar-refractivity contribution >= 4 is 33.3 Å². The minimum atomic E-state index is 0.648. The summed E-state index contributed by atoms with van der Waals surface area (Å²) in [5.74, 6) is 0. The molecule has 0 aliphatic rings. The molecule has 2 aromatic heterocycles. The van der Waals surface area contributed by atoms with Gasteiger partial charge in [0.25, 0.3) is 0 Å². The van der Waals surface area contributed by atoms with Gasteiger partial charge in [0.1, 0.15) is 5.58 Å². The van der Waals surface area contributed by atoms with Crippen molar-refractivity contribution < 1.29 is 8.83 Å². The maximum absolute atomic E-state index is 6.04. The first kappa shape index (κ1) is 11.9. The van der Waals surface area contributed by atoms with Crippen LogP contribution in [0.15, 0.2) is 63.8 Å². The molecule has 4 nitrogen and oxygen atoms in total. The molecule has 4 heteroatoms. The zero-order chi connectivity index (χ0) is 14.2. The second kappa shape index (κ2) is 4.59. The van der Waals surface area contributed by atoms with Gasteiger partial charge in [0.2, 0.25) is 0 Å². The third-order valence-corrected chi connectivity index (χ3v) is 3.62. The van der Waals surface area contributed by atoms with E-state index in [9.17, 15) is 0 Å². The van der Waals surface area contributed by atoms with Crippen molar-refractivity contribution in [2.45, 2.75) is 6.54 Å². The highest BCUT2D eigenvalue weighted by Crippen LogP contribution is 2.37. The van der Waals surface area contributed by atoms with E-state index in [0.717, 1.165) is 33.2 Å². The Kier molecular flexibility index (Phi) is 2.60. The molecule has 0 spiro atoms. The van der Waals surface area contributed by atoms with Crippen LogP contribution in [-0.2, 0) is 6.54 Å². The lowest BCUT2D eigenvalue weighted by Gasteiger charge is -2.07. The van der Waals surface area contributed by atoms with Gasteiger partial charge in [-0.05, 0) is 24.3 Å². The summed E-state index contributed by atoms with van der Waals surface area (Å²) in [6.07, 6.45) is 3.40. The molecule has 3 N–H and O–H groups in total. The average molecular weight is 278 g/mol. The number of nitrogen functional groups attached to an aromatic ring is 1. The molecular formula is C17H14N2O2. The van der Waals surface area contributed by atoms with Crippen LogP contribution in [0, 0.1) is 0 Å². The summed E-state index contributed by atoms with van der Waals surface area (Å²) in [6, 6.07) is 13.7. The van der Waals surface area contributed by atoms with E-state index >= 15 is 0 Å². The van der Waals surface area contributed by atoms with Crippen molar-refractivity contribution in [1.29, 1.82) is 0 Å². The maximum atomic E-state index is 6.04. The number of para-hydroxylation sites is 1. The number of furan rings is 2. The van der Waals surface area contributed by atoms with Crippen LogP contribution in [0.3, 0.4) is 0 Å². The summed E-state index contributed by atoms with van der Waals surface area (Å²) in [4.78, 5) is 0. The van der Waals surface area contributed by atoms with E-state index in [1.54, 1.807) is 12.5 Å². The van der Waals surface area contributed by atoms with Gasteiger partial charge in [-0.25, -0.2) is 0 Å². The second-order valence-corrected chi connectivity index (χ2v) is 4.99. The van der Waals surface area contributed by atoms with Crippen molar-refractivity contribution in [3.8, 4) is 0 Å². The molecule has 21 heavy (non-hydrogen) atoms. The fraction of sp³-hybridized carbons (Fsp3) is 0.0588. The highest BCUT2D eigenvalue weighted by atomic mass is 16.3. The summed E-state index contributed by atoms with van der Waals surface area (Å²) in [5.41, 5.74) is 10.4. The molecule has 0 aliphatic heterocycles. The molecule has 0 unspecified atom stereocenters. The number of nitrogens with two attached hydrogens (primary N) is 1. The molecule has 0 amide bonds. The largest absolute Gasteiger partial charge is 0.472 e. The first-order chi connectivity index (χ1) is 10.3. The lowest BCUT2D eigenvalue weighted by molar-refractivity contribution is 0.564. The first-order valence-corrected chi connectivity index (χ1v) is 6.77. The summed E-state index contributed by atoms with van der Waals surface area (Å²) >= 11 is 0. The standard InChI is InChI=1S/C17H14N2O2/c18-13-5-6-14(19-9-11-7-8-20-10-11)16-12-3-1-2-4-15(12)21-17(13)16/h1-8,10,19H,9,18H2. The Labute approximate surface area is 121 Å². The van der Waals surface area contributed by atoms with Gasteiger partial charge in [0.05, 0.1) is 23.6 Å². The first-order valence-electron chi connectivity index (χ1n) is 6.77. The molecule has 0 saturated carbocycles. The highest BCUT2D eigenvalue weighted by molar-refractivity contribution is 6.14. The van der Waals surface area contributed by atoms with Crippen molar-refractivity contribution in [3.63, 3.8) is 0 Å². The summed E-state index contributed by atoms with van der Waals surface area (Å²) in [5, 5.41) is 5.51. The zero-order valence-corrected chi connectivity index (χ0v) is 11.3. The van der Waals surface area contributed by atoms with E-state index < -0.39 is 0 Å².